The first-order valence-electron chi connectivity index (χ1n) is 44.3. The van der Waals surface area contributed by atoms with Gasteiger partial charge in [0.2, 0.25) is 0 Å². The van der Waals surface area contributed by atoms with Crippen molar-refractivity contribution in [3.05, 3.63) is 0 Å². The molecule has 0 saturated heterocycles. The van der Waals surface area contributed by atoms with E-state index in [4.69, 9.17) is 37.0 Å². The Morgan fingerprint density at radius 2 is 0.385 bits per heavy atom. The molecule has 104 heavy (non-hydrogen) atoms. The second-order valence-electron chi connectivity index (χ2n) is 30.6. The van der Waals surface area contributed by atoms with Crippen LogP contribution in [-0.2, 0) is 65.4 Å². The summed E-state index contributed by atoms with van der Waals surface area (Å²) >= 11 is 0. The number of hydrogen-bond acceptors (Lipinski definition) is 15. The zero-order chi connectivity index (χ0) is 76.0. The third-order valence-corrected chi connectivity index (χ3v) is 22.0. The number of hydrogen-bond donors (Lipinski definition) is 3. The average molecular weight is 1520 g/mol. The molecule has 0 heterocycles. The van der Waals surface area contributed by atoms with Gasteiger partial charge in [0.25, 0.3) is 0 Å². The Kier molecular flexibility index (Phi) is 77.7. The number of carbonyl (C=O) groups is 4. The molecular weight excluding hydrogens is 1350 g/mol. The number of aliphatic hydroxyl groups is 1. The highest BCUT2D eigenvalue weighted by Crippen LogP contribution is 2.45. The van der Waals surface area contributed by atoms with Crippen molar-refractivity contribution in [3.63, 3.8) is 0 Å². The van der Waals surface area contributed by atoms with Crippen LogP contribution in [0.1, 0.15) is 464 Å². The lowest BCUT2D eigenvalue weighted by atomic mass is 10.0. The number of carbonyl (C=O) groups excluding carboxylic acids is 4. The maximum Gasteiger partial charge on any atom is 0.472 e. The van der Waals surface area contributed by atoms with Gasteiger partial charge >= 0.3 is 39.5 Å². The third-order valence-electron chi connectivity index (χ3n) is 20.1. The van der Waals surface area contributed by atoms with E-state index in [0.717, 1.165) is 89.9 Å². The lowest BCUT2D eigenvalue weighted by Gasteiger charge is -2.21. The zero-order valence-corrected chi connectivity index (χ0v) is 69.8. The summed E-state index contributed by atoms with van der Waals surface area (Å²) in [5.41, 5.74) is 0. The van der Waals surface area contributed by atoms with Gasteiger partial charge in [-0.2, -0.15) is 0 Å². The van der Waals surface area contributed by atoms with Gasteiger partial charge in [0, 0.05) is 25.7 Å². The largest absolute Gasteiger partial charge is 0.472 e. The second kappa shape index (κ2) is 79.2. The van der Waals surface area contributed by atoms with Crippen molar-refractivity contribution >= 4 is 39.5 Å². The highest BCUT2D eigenvalue weighted by molar-refractivity contribution is 7.47. The minimum atomic E-state index is -4.96. The summed E-state index contributed by atoms with van der Waals surface area (Å²) in [7, 11) is -9.92. The van der Waals surface area contributed by atoms with Gasteiger partial charge in [-0.3, -0.25) is 37.3 Å². The van der Waals surface area contributed by atoms with Gasteiger partial charge < -0.3 is 33.8 Å². The van der Waals surface area contributed by atoms with Gasteiger partial charge in [-0.05, 0) is 25.7 Å². The van der Waals surface area contributed by atoms with Crippen molar-refractivity contribution in [3.8, 4) is 0 Å². The number of phosphoric acid groups is 2. The van der Waals surface area contributed by atoms with Crippen LogP contribution in [0.15, 0.2) is 0 Å². The second-order valence-corrected chi connectivity index (χ2v) is 33.5. The first-order valence-corrected chi connectivity index (χ1v) is 47.3. The molecule has 19 heteroatoms. The molecule has 0 aromatic rings. The standard InChI is InChI=1S/C85H166O17P2/c1-5-9-13-17-21-25-29-32-35-37-39-40-41-43-46-49-52-56-60-64-68-72-85(90)102-81(76-96-83(88)70-66-62-58-54-50-47-45-42-38-36-33-30-26-22-18-14-10-6-2)78-100-104(93,94)98-74-79(86)73-97-103(91,92)99-77-80(75-95-82(87)69-65-61-57-53-28-24-20-16-12-8-4)101-84(89)71-67-63-59-55-51-48-44-34-31-27-23-19-15-11-7-3/h79-81,86H,5-78H2,1-4H3,(H,91,92)(H,93,94)/t79-,80+,81+/m0/s1. The SMILES string of the molecule is CCCCCCCCCCCCCCCCCCCCCCCC(=O)O[C@H](COC(=O)CCCCCCCCCCCCCCCCCCCC)COP(=O)(O)OC[C@@H](O)COP(=O)(O)OC[C@@H](COC(=O)CCCCCCCCCCCC)OC(=O)CCCCCCCCCCCCCCCCC. The fourth-order valence-corrected chi connectivity index (χ4v) is 14.9. The van der Waals surface area contributed by atoms with Crippen molar-refractivity contribution in [1.29, 1.82) is 0 Å². The Hall–Kier alpha value is -1.94. The van der Waals surface area contributed by atoms with Gasteiger partial charge in [-0.15, -0.1) is 0 Å². The van der Waals surface area contributed by atoms with Gasteiger partial charge in [-0.1, -0.05) is 413 Å². The van der Waals surface area contributed by atoms with Crippen molar-refractivity contribution in [1.82, 2.24) is 0 Å². The number of esters is 4. The highest BCUT2D eigenvalue weighted by atomic mass is 31.2. The van der Waals surface area contributed by atoms with E-state index in [1.807, 2.05) is 0 Å². The Balaban J connectivity index is 5.22. The summed E-state index contributed by atoms with van der Waals surface area (Å²) in [5.74, 6) is -2.10. The average Bonchev–Trinajstić information content (AvgIpc) is 0.941. The molecule has 0 fully saturated rings. The van der Waals surface area contributed by atoms with Crippen molar-refractivity contribution in [2.75, 3.05) is 39.6 Å². The summed E-state index contributed by atoms with van der Waals surface area (Å²) in [6.45, 7) is 5.05. The molecule has 0 spiro atoms. The lowest BCUT2D eigenvalue weighted by Crippen LogP contribution is -2.30. The number of unbranched alkanes of at least 4 members (excludes halogenated alkanes) is 60. The molecule has 0 aliphatic rings. The summed E-state index contributed by atoms with van der Waals surface area (Å²) in [4.78, 5) is 73.2. The monoisotopic (exact) mass is 1520 g/mol. The van der Waals surface area contributed by atoms with Crippen LogP contribution < -0.4 is 0 Å². The molecule has 17 nitrogen and oxygen atoms in total. The first-order chi connectivity index (χ1) is 50.7. The molecule has 0 saturated carbocycles. The molecule has 5 atom stereocenters. The smallest absolute Gasteiger partial charge is 0.462 e. The molecule has 0 aliphatic heterocycles. The molecule has 2 unspecified atom stereocenters. The van der Waals surface area contributed by atoms with Crippen molar-refractivity contribution in [2.24, 2.45) is 0 Å². The lowest BCUT2D eigenvalue weighted by molar-refractivity contribution is -0.161. The molecular formula is C85H166O17P2. The number of rotatable bonds is 86. The van der Waals surface area contributed by atoms with E-state index in [1.165, 1.54) is 295 Å². The fourth-order valence-electron chi connectivity index (χ4n) is 13.3. The molecule has 0 aromatic carbocycles. The minimum Gasteiger partial charge on any atom is -0.462 e. The van der Waals surface area contributed by atoms with E-state index in [9.17, 15) is 43.2 Å². The topological polar surface area (TPSA) is 237 Å². The number of phosphoric ester groups is 2. The summed E-state index contributed by atoms with van der Waals surface area (Å²) in [5, 5.41) is 10.7. The predicted octanol–water partition coefficient (Wildman–Crippen LogP) is 26.1. The molecule has 0 aromatic heterocycles. The van der Waals surface area contributed by atoms with Crippen LogP contribution in [0.25, 0.3) is 0 Å². The van der Waals surface area contributed by atoms with E-state index in [-0.39, 0.29) is 25.7 Å². The van der Waals surface area contributed by atoms with Crippen molar-refractivity contribution < 1.29 is 80.2 Å². The Morgan fingerprint density at radius 1 is 0.231 bits per heavy atom. The molecule has 0 bridgehead atoms. The normalized spacial score (nSPS) is 13.7. The quantitative estimate of drug-likeness (QED) is 0.0222. The maximum atomic E-state index is 13.1. The third kappa shape index (κ3) is 78.2. The Labute approximate surface area is 638 Å². The molecule has 0 radical (unpaired) electrons. The van der Waals surface area contributed by atoms with Crippen LogP contribution in [0, 0.1) is 0 Å². The van der Waals surface area contributed by atoms with E-state index < -0.39 is 97.5 Å². The molecule has 0 amide bonds. The van der Waals surface area contributed by atoms with Crippen LogP contribution in [0.4, 0.5) is 0 Å². The van der Waals surface area contributed by atoms with Gasteiger partial charge in [0.1, 0.15) is 19.3 Å². The number of aliphatic hydroxyl groups excluding tert-OH is 1. The Morgan fingerprint density at radius 3 is 0.567 bits per heavy atom. The van der Waals surface area contributed by atoms with E-state index in [0.29, 0.717) is 25.7 Å². The Bertz CT molecular complexity index is 1960. The molecule has 3 N–H and O–H groups in total. The van der Waals surface area contributed by atoms with Crippen LogP contribution >= 0.6 is 15.6 Å². The number of ether oxygens (including phenoxy) is 4. The molecule has 0 rings (SSSR count). The van der Waals surface area contributed by atoms with Crippen LogP contribution in [0.3, 0.4) is 0 Å². The van der Waals surface area contributed by atoms with Crippen LogP contribution in [-0.4, -0.2) is 96.7 Å². The van der Waals surface area contributed by atoms with Crippen LogP contribution in [0.5, 0.6) is 0 Å². The van der Waals surface area contributed by atoms with E-state index in [2.05, 4.69) is 27.7 Å². The molecule has 0 aliphatic carbocycles. The van der Waals surface area contributed by atoms with Gasteiger partial charge in [0.05, 0.1) is 26.4 Å². The molecule has 618 valence electrons. The highest BCUT2D eigenvalue weighted by Gasteiger charge is 2.30. The summed E-state index contributed by atoms with van der Waals surface area (Å²) in [6, 6.07) is 0. The van der Waals surface area contributed by atoms with E-state index in [1.54, 1.807) is 0 Å². The zero-order valence-electron chi connectivity index (χ0n) is 68.0. The van der Waals surface area contributed by atoms with Crippen LogP contribution in [0.2, 0.25) is 0 Å². The van der Waals surface area contributed by atoms with Crippen molar-refractivity contribution in [2.45, 2.75) is 483 Å². The predicted molar refractivity (Wildman–Crippen MR) is 428 cm³/mol. The van der Waals surface area contributed by atoms with Gasteiger partial charge in [-0.25, -0.2) is 9.13 Å². The van der Waals surface area contributed by atoms with E-state index >= 15 is 0 Å². The minimum absolute atomic E-state index is 0.109. The fraction of sp³-hybridized carbons (Fsp3) is 0.953. The maximum absolute atomic E-state index is 13.1. The van der Waals surface area contributed by atoms with Gasteiger partial charge in [0.15, 0.2) is 12.2 Å². The summed E-state index contributed by atoms with van der Waals surface area (Å²) < 4.78 is 68.8. The first kappa shape index (κ1) is 102. The summed E-state index contributed by atoms with van der Waals surface area (Å²) in [6.07, 6.45) is 73.6.